The van der Waals surface area contributed by atoms with Crippen LogP contribution in [0.15, 0.2) is 55.0 Å². The molecule has 0 spiro atoms. The average Bonchev–Trinajstić information content (AvgIpc) is 3.21. The molecule has 0 aliphatic carbocycles. The number of benzene rings is 1. The Balaban J connectivity index is 1.64. The minimum atomic E-state index is 0.0808. The first kappa shape index (κ1) is 15.1. The normalized spacial score (nSPS) is 12.4. The molecule has 0 radical (unpaired) electrons. The highest BCUT2D eigenvalue weighted by Crippen LogP contribution is 2.28. The van der Waals surface area contributed by atoms with Gasteiger partial charge in [-0.15, -0.1) is 11.3 Å². The Morgan fingerprint density at radius 3 is 2.83 bits per heavy atom. The number of anilines is 1. The fraction of sp³-hybridized carbons (Fsp3) is 0.118. The fourth-order valence-electron chi connectivity index (χ4n) is 2.52. The number of hydrogen-bond acceptors (Lipinski definition) is 5. The standard InChI is InChI=1S/C17H14ClN5S/c1-11(14-6-7-15(18)24-14)21-17-19-9-8-16(22-17)23-10-20-12-4-2-3-5-13(12)23/h2-11H,1H3,(H,19,21,22). The second-order valence-corrected chi connectivity index (χ2v) is 7.10. The van der Waals surface area contributed by atoms with E-state index in [1.54, 1.807) is 23.9 Å². The third-order valence-electron chi connectivity index (χ3n) is 3.71. The van der Waals surface area contributed by atoms with E-state index in [9.17, 15) is 0 Å². The van der Waals surface area contributed by atoms with Gasteiger partial charge in [-0.1, -0.05) is 23.7 Å². The van der Waals surface area contributed by atoms with Crippen LogP contribution >= 0.6 is 22.9 Å². The van der Waals surface area contributed by atoms with E-state index in [0.29, 0.717) is 5.95 Å². The van der Waals surface area contributed by atoms with Gasteiger partial charge in [-0.25, -0.2) is 9.97 Å². The van der Waals surface area contributed by atoms with E-state index in [0.717, 1.165) is 26.1 Å². The highest BCUT2D eigenvalue weighted by molar-refractivity contribution is 7.16. The topological polar surface area (TPSA) is 55.6 Å². The molecule has 0 saturated carbocycles. The van der Waals surface area contributed by atoms with Crippen molar-refractivity contribution in [3.63, 3.8) is 0 Å². The number of hydrogen-bond donors (Lipinski definition) is 1. The van der Waals surface area contributed by atoms with Crippen molar-refractivity contribution in [2.45, 2.75) is 13.0 Å². The van der Waals surface area contributed by atoms with Crippen molar-refractivity contribution in [3.05, 3.63) is 64.2 Å². The van der Waals surface area contributed by atoms with Crippen molar-refractivity contribution < 1.29 is 0 Å². The Labute approximate surface area is 148 Å². The summed E-state index contributed by atoms with van der Waals surface area (Å²) < 4.78 is 2.73. The molecule has 0 saturated heterocycles. The minimum absolute atomic E-state index is 0.0808. The molecule has 0 bridgehead atoms. The SMILES string of the molecule is CC(Nc1nccc(-n2cnc3ccccc32)n1)c1ccc(Cl)s1. The number of rotatable bonds is 4. The van der Waals surface area contributed by atoms with Gasteiger partial charge in [0.05, 0.1) is 21.4 Å². The summed E-state index contributed by atoms with van der Waals surface area (Å²) in [5.74, 6) is 1.35. The second kappa shape index (κ2) is 6.22. The van der Waals surface area contributed by atoms with Crippen molar-refractivity contribution in [2.75, 3.05) is 5.32 Å². The molecular weight excluding hydrogens is 342 g/mol. The molecule has 4 rings (SSSR count). The van der Waals surface area contributed by atoms with Crippen LogP contribution in [0.5, 0.6) is 0 Å². The summed E-state index contributed by atoms with van der Waals surface area (Å²) in [6.45, 7) is 2.06. The van der Waals surface area contributed by atoms with Gasteiger partial charge in [0.25, 0.3) is 0 Å². The van der Waals surface area contributed by atoms with Crippen molar-refractivity contribution in [2.24, 2.45) is 0 Å². The molecule has 0 aliphatic rings. The van der Waals surface area contributed by atoms with Crippen LogP contribution in [0.2, 0.25) is 4.34 Å². The Morgan fingerprint density at radius 2 is 2.00 bits per heavy atom. The largest absolute Gasteiger partial charge is 0.347 e. The summed E-state index contributed by atoms with van der Waals surface area (Å²) in [5.41, 5.74) is 1.95. The molecule has 4 aromatic rings. The van der Waals surface area contributed by atoms with E-state index < -0.39 is 0 Å². The Morgan fingerprint density at radius 1 is 1.12 bits per heavy atom. The van der Waals surface area contributed by atoms with Gasteiger partial charge in [-0.3, -0.25) is 4.57 Å². The molecule has 0 amide bonds. The molecule has 3 aromatic heterocycles. The minimum Gasteiger partial charge on any atom is -0.347 e. The molecule has 3 heterocycles. The van der Waals surface area contributed by atoms with E-state index in [4.69, 9.17) is 11.6 Å². The third-order valence-corrected chi connectivity index (χ3v) is 5.12. The lowest BCUT2D eigenvalue weighted by molar-refractivity contribution is 0.871. The third kappa shape index (κ3) is 2.86. The van der Waals surface area contributed by atoms with Gasteiger partial charge in [-0.2, -0.15) is 4.98 Å². The molecule has 120 valence electrons. The van der Waals surface area contributed by atoms with Crippen LogP contribution in [0, 0.1) is 0 Å². The Hall–Kier alpha value is -2.44. The van der Waals surface area contributed by atoms with E-state index in [1.165, 1.54) is 0 Å². The Bertz CT molecular complexity index is 993. The maximum Gasteiger partial charge on any atom is 0.225 e. The first-order valence-electron chi connectivity index (χ1n) is 7.48. The number of fused-ring (bicyclic) bond motifs is 1. The first-order chi connectivity index (χ1) is 11.7. The van der Waals surface area contributed by atoms with E-state index in [-0.39, 0.29) is 6.04 Å². The number of aromatic nitrogens is 4. The fourth-order valence-corrected chi connectivity index (χ4v) is 3.58. The average molecular weight is 356 g/mol. The number of thiophene rings is 1. The summed E-state index contributed by atoms with van der Waals surface area (Å²) in [7, 11) is 0. The van der Waals surface area contributed by atoms with E-state index in [2.05, 4.69) is 27.2 Å². The van der Waals surface area contributed by atoms with E-state index in [1.807, 2.05) is 47.0 Å². The number of halogens is 1. The number of nitrogens with zero attached hydrogens (tertiary/aromatic N) is 4. The lowest BCUT2D eigenvalue weighted by atomic mass is 10.3. The maximum absolute atomic E-state index is 6.00. The highest BCUT2D eigenvalue weighted by atomic mass is 35.5. The van der Waals surface area contributed by atoms with Crippen LogP contribution < -0.4 is 5.32 Å². The molecule has 0 fully saturated rings. The maximum atomic E-state index is 6.00. The molecule has 1 N–H and O–H groups in total. The van der Waals surface area contributed by atoms with Crippen molar-refractivity contribution in [1.82, 2.24) is 19.5 Å². The quantitative estimate of drug-likeness (QED) is 0.576. The van der Waals surface area contributed by atoms with Crippen molar-refractivity contribution in [3.8, 4) is 5.82 Å². The zero-order valence-electron chi connectivity index (χ0n) is 12.8. The highest BCUT2D eigenvalue weighted by Gasteiger charge is 2.11. The molecule has 1 atom stereocenters. The van der Waals surface area contributed by atoms with Crippen LogP contribution in [0.3, 0.4) is 0 Å². The molecule has 0 aliphatic heterocycles. The predicted molar refractivity (Wildman–Crippen MR) is 98.0 cm³/mol. The smallest absolute Gasteiger partial charge is 0.225 e. The van der Waals surface area contributed by atoms with E-state index >= 15 is 0 Å². The number of nitrogens with one attached hydrogen (secondary N) is 1. The van der Waals surface area contributed by atoms with Gasteiger partial charge < -0.3 is 5.32 Å². The number of imidazole rings is 1. The van der Waals surface area contributed by atoms with Gasteiger partial charge in [-0.05, 0) is 37.3 Å². The summed E-state index contributed by atoms with van der Waals surface area (Å²) in [6, 6.07) is 13.8. The second-order valence-electron chi connectivity index (χ2n) is 5.35. The van der Waals surface area contributed by atoms with Gasteiger partial charge in [0.15, 0.2) is 0 Å². The van der Waals surface area contributed by atoms with Gasteiger partial charge in [0.2, 0.25) is 5.95 Å². The lowest BCUT2D eigenvalue weighted by Crippen LogP contribution is -2.09. The summed E-state index contributed by atoms with van der Waals surface area (Å²) in [6.07, 6.45) is 3.52. The zero-order chi connectivity index (χ0) is 16.5. The van der Waals surface area contributed by atoms with Crippen molar-refractivity contribution in [1.29, 1.82) is 0 Å². The van der Waals surface area contributed by atoms with Gasteiger partial charge in [0, 0.05) is 11.1 Å². The van der Waals surface area contributed by atoms with Crippen molar-refractivity contribution >= 4 is 39.9 Å². The molecule has 1 aromatic carbocycles. The van der Waals surface area contributed by atoms with Gasteiger partial charge in [0.1, 0.15) is 12.1 Å². The van der Waals surface area contributed by atoms with Crippen LogP contribution in [0.4, 0.5) is 5.95 Å². The molecular formula is C17H14ClN5S. The predicted octanol–water partition coefficient (Wildman–Crippen LogP) is 4.70. The monoisotopic (exact) mass is 355 g/mol. The van der Waals surface area contributed by atoms with Crippen LogP contribution in [0.25, 0.3) is 16.9 Å². The Kier molecular flexibility index (Phi) is 3.92. The van der Waals surface area contributed by atoms with Crippen LogP contribution in [-0.4, -0.2) is 19.5 Å². The first-order valence-corrected chi connectivity index (χ1v) is 8.67. The lowest BCUT2D eigenvalue weighted by Gasteiger charge is -2.13. The zero-order valence-corrected chi connectivity index (χ0v) is 14.4. The molecule has 5 nitrogen and oxygen atoms in total. The molecule has 1 unspecified atom stereocenters. The molecule has 24 heavy (non-hydrogen) atoms. The summed E-state index contributed by atoms with van der Waals surface area (Å²) in [4.78, 5) is 14.5. The summed E-state index contributed by atoms with van der Waals surface area (Å²) in [5, 5.41) is 3.32. The van der Waals surface area contributed by atoms with Crippen LogP contribution in [0.1, 0.15) is 17.8 Å². The summed E-state index contributed by atoms with van der Waals surface area (Å²) >= 11 is 7.56. The molecule has 7 heteroatoms. The van der Waals surface area contributed by atoms with Gasteiger partial charge >= 0.3 is 0 Å². The number of para-hydroxylation sites is 2. The van der Waals surface area contributed by atoms with Crippen LogP contribution in [-0.2, 0) is 0 Å².